The van der Waals surface area contributed by atoms with Gasteiger partial charge in [-0.1, -0.05) is 26.2 Å². The predicted molar refractivity (Wildman–Crippen MR) is 84.7 cm³/mol. The maximum absolute atomic E-state index is 11.1. The van der Waals surface area contributed by atoms with Gasteiger partial charge in [-0.25, -0.2) is 0 Å². The van der Waals surface area contributed by atoms with Crippen molar-refractivity contribution in [3.8, 4) is 0 Å². The predicted octanol–water partition coefficient (Wildman–Crippen LogP) is 3.35. The van der Waals surface area contributed by atoms with Crippen molar-refractivity contribution in [3.05, 3.63) is 16.4 Å². The highest BCUT2D eigenvalue weighted by atomic mass is 79.9. The number of rotatable bonds is 5. The lowest BCUT2D eigenvalue weighted by atomic mass is 9.75. The molecule has 1 aliphatic rings. The van der Waals surface area contributed by atoms with Crippen LogP contribution in [0.25, 0.3) is 0 Å². The van der Waals surface area contributed by atoms with Crippen LogP contribution < -0.4 is 0 Å². The Hall–Kier alpha value is -0.390. The van der Waals surface area contributed by atoms with Crippen LogP contribution in [0.3, 0.4) is 0 Å². The summed E-state index contributed by atoms with van der Waals surface area (Å²) >= 11 is 3.57. The van der Waals surface area contributed by atoms with Crippen molar-refractivity contribution in [2.24, 2.45) is 0 Å². The summed E-state index contributed by atoms with van der Waals surface area (Å²) in [4.78, 5) is 2.21. The summed E-state index contributed by atoms with van der Waals surface area (Å²) in [6.07, 6.45) is 8.07. The van der Waals surface area contributed by atoms with Gasteiger partial charge in [0, 0.05) is 6.54 Å². The normalized spacial score (nSPS) is 20.3. The molecule has 0 spiro atoms. The molecule has 1 aromatic rings. The van der Waals surface area contributed by atoms with Gasteiger partial charge in [0.05, 0.1) is 21.9 Å². The Kier molecular flexibility index (Phi) is 5.26. The molecule has 20 heavy (non-hydrogen) atoms. The summed E-state index contributed by atoms with van der Waals surface area (Å²) in [6, 6.07) is 0. The van der Waals surface area contributed by atoms with Crippen molar-refractivity contribution < 1.29 is 5.11 Å². The lowest BCUT2D eigenvalue weighted by molar-refractivity contribution is -0.0383. The zero-order chi connectivity index (χ0) is 14.8. The maximum Gasteiger partial charge on any atom is 0.115 e. The van der Waals surface area contributed by atoms with Gasteiger partial charge in [0.15, 0.2) is 0 Å². The molecule has 4 nitrogen and oxygen atoms in total. The molecule has 114 valence electrons. The van der Waals surface area contributed by atoms with Crippen LogP contribution in [-0.4, -0.2) is 39.4 Å². The Labute approximate surface area is 130 Å². The summed E-state index contributed by atoms with van der Waals surface area (Å²) in [5, 5.41) is 15.5. The Balaban J connectivity index is 2.37. The topological polar surface area (TPSA) is 41.3 Å². The third kappa shape index (κ3) is 2.81. The number of likely N-dealkylation sites (N-methyl/N-ethyl adjacent to an activating group) is 1. The van der Waals surface area contributed by atoms with Crippen LogP contribution in [0.5, 0.6) is 0 Å². The molecular weight excluding hydrogens is 318 g/mol. The van der Waals surface area contributed by atoms with Crippen molar-refractivity contribution >= 4 is 15.9 Å². The highest BCUT2D eigenvalue weighted by Crippen LogP contribution is 2.43. The van der Waals surface area contributed by atoms with Gasteiger partial charge < -0.3 is 10.0 Å². The molecule has 0 aromatic carbocycles. The van der Waals surface area contributed by atoms with E-state index in [1.165, 1.54) is 19.3 Å². The van der Waals surface area contributed by atoms with Gasteiger partial charge in [-0.05, 0) is 49.3 Å². The van der Waals surface area contributed by atoms with Gasteiger partial charge in [0.1, 0.15) is 6.10 Å². The summed E-state index contributed by atoms with van der Waals surface area (Å²) in [5.41, 5.74) is 0.772. The molecule has 1 unspecified atom stereocenters. The monoisotopic (exact) mass is 343 g/mol. The van der Waals surface area contributed by atoms with Gasteiger partial charge in [-0.3, -0.25) is 4.68 Å². The average Bonchev–Trinajstić information content (AvgIpc) is 2.80. The second-order valence-electron chi connectivity index (χ2n) is 6.06. The van der Waals surface area contributed by atoms with E-state index in [4.69, 9.17) is 0 Å². The van der Waals surface area contributed by atoms with Crippen molar-refractivity contribution in [2.75, 3.05) is 14.1 Å². The lowest BCUT2D eigenvalue weighted by Gasteiger charge is -2.46. The van der Waals surface area contributed by atoms with Crippen LogP contribution in [0.1, 0.15) is 57.2 Å². The van der Waals surface area contributed by atoms with Crippen molar-refractivity contribution in [2.45, 2.75) is 63.6 Å². The maximum atomic E-state index is 11.1. The van der Waals surface area contributed by atoms with Crippen LogP contribution >= 0.6 is 15.9 Å². The first kappa shape index (κ1) is 16.0. The molecule has 0 amide bonds. The number of hydrogen-bond acceptors (Lipinski definition) is 3. The Morgan fingerprint density at radius 3 is 2.60 bits per heavy atom. The number of aliphatic hydroxyl groups excluding tert-OH is 1. The number of hydrogen-bond donors (Lipinski definition) is 1. The molecule has 1 atom stereocenters. The number of halogens is 1. The van der Waals surface area contributed by atoms with Gasteiger partial charge in [-0.15, -0.1) is 0 Å². The SMILES string of the molecule is CCCn1ncc(Br)c1C(O)C1(N(C)C)CCCCC1. The standard InChI is InChI=1S/C15H26BrN3O/c1-4-10-19-13(12(16)11-17-19)14(20)15(18(2)3)8-6-5-7-9-15/h11,14,20H,4-10H2,1-3H3. The van der Waals surface area contributed by atoms with Gasteiger partial charge in [-0.2, -0.15) is 5.10 Å². The first-order chi connectivity index (χ1) is 9.53. The zero-order valence-corrected chi connectivity index (χ0v) is 14.4. The molecular formula is C15H26BrN3O. The van der Waals surface area contributed by atoms with Crippen LogP contribution in [0.2, 0.25) is 0 Å². The van der Waals surface area contributed by atoms with E-state index in [9.17, 15) is 5.11 Å². The first-order valence-electron chi connectivity index (χ1n) is 7.59. The minimum atomic E-state index is -0.499. The molecule has 1 heterocycles. The number of aryl methyl sites for hydroxylation is 1. The fourth-order valence-electron chi connectivity index (χ4n) is 3.42. The van der Waals surface area contributed by atoms with E-state index in [0.29, 0.717) is 0 Å². The van der Waals surface area contributed by atoms with E-state index >= 15 is 0 Å². The van der Waals surface area contributed by atoms with E-state index in [1.54, 1.807) is 6.20 Å². The van der Waals surface area contributed by atoms with Crippen LogP contribution in [0.4, 0.5) is 0 Å². The summed E-state index contributed by atoms with van der Waals surface area (Å²) in [7, 11) is 4.17. The van der Waals surface area contributed by atoms with E-state index in [0.717, 1.165) is 36.0 Å². The van der Waals surface area contributed by atoms with E-state index < -0.39 is 6.10 Å². The second-order valence-corrected chi connectivity index (χ2v) is 6.92. The molecule has 1 fully saturated rings. The Morgan fingerprint density at radius 2 is 2.05 bits per heavy atom. The third-order valence-corrected chi connectivity index (χ3v) is 5.26. The van der Waals surface area contributed by atoms with Crippen molar-refractivity contribution in [1.29, 1.82) is 0 Å². The lowest BCUT2D eigenvalue weighted by Crippen LogP contribution is -2.51. The fraction of sp³-hybridized carbons (Fsp3) is 0.800. The summed E-state index contributed by atoms with van der Waals surface area (Å²) in [6.45, 7) is 2.98. The smallest absolute Gasteiger partial charge is 0.115 e. The Bertz CT molecular complexity index is 438. The molecule has 0 saturated heterocycles. The molecule has 0 radical (unpaired) electrons. The van der Waals surface area contributed by atoms with E-state index in [1.807, 2.05) is 4.68 Å². The first-order valence-corrected chi connectivity index (χ1v) is 8.39. The molecule has 0 bridgehead atoms. The summed E-state index contributed by atoms with van der Waals surface area (Å²) in [5.74, 6) is 0. The molecule has 1 aromatic heterocycles. The van der Waals surface area contributed by atoms with E-state index in [-0.39, 0.29) is 5.54 Å². The van der Waals surface area contributed by atoms with Crippen molar-refractivity contribution in [1.82, 2.24) is 14.7 Å². The second kappa shape index (κ2) is 6.58. The number of aliphatic hydroxyl groups is 1. The van der Waals surface area contributed by atoms with Gasteiger partial charge in [0.2, 0.25) is 0 Å². The van der Waals surface area contributed by atoms with Crippen LogP contribution in [0, 0.1) is 0 Å². The number of nitrogens with zero attached hydrogens (tertiary/aromatic N) is 3. The zero-order valence-electron chi connectivity index (χ0n) is 12.8. The number of aromatic nitrogens is 2. The molecule has 1 saturated carbocycles. The van der Waals surface area contributed by atoms with Gasteiger partial charge in [0.25, 0.3) is 0 Å². The molecule has 5 heteroatoms. The average molecular weight is 344 g/mol. The fourth-order valence-corrected chi connectivity index (χ4v) is 3.93. The van der Waals surface area contributed by atoms with Crippen LogP contribution in [0.15, 0.2) is 10.7 Å². The highest BCUT2D eigenvalue weighted by Gasteiger charge is 2.43. The third-order valence-electron chi connectivity index (χ3n) is 4.65. The highest BCUT2D eigenvalue weighted by molar-refractivity contribution is 9.10. The quantitative estimate of drug-likeness (QED) is 0.891. The van der Waals surface area contributed by atoms with Crippen molar-refractivity contribution in [3.63, 3.8) is 0 Å². The summed E-state index contributed by atoms with van der Waals surface area (Å²) < 4.78 is 2.87. The van der Waals surface area contributed by atoms with Gasteiger partial charge >= 0.3 is 0 Å². The molecule has 1 aliphatic carbocycles. The molecule has 1 N–H and O–H groups in total. The Morgan fingerprint density at radius 1 is 1.40 bits per heavy atom. The van der Waals surface area contributed by atoms with Crippen LogP contribution in [-0.2, 0) is 6.54 Å². The molecule has 0 aliphatic heterocycles. The molecule has 2 rings (SSSR count). The minimum Gasteiger partial charge on any atom is -0.385 e. The van der Waals surface area contributed by atoms with E-state index in [2.05, 4.69) is 46.9 Å². The largest absolute Gasteiger partial charge is 0.385 e. The minimum absolute atomic E-state index is 0.160.